The molecule has 3 aromatic rings. The number of nitrogens with two attached hydrogens (primary N) is 2. The summed E-state index contributed by atoms with van der Waals surface area (Å²) >= 11 is 0. The van der Waals surface area contributed by atoms with Gasteiger partial charge < -0.3 is 11.5 Å². The monoisotopic (exact) mass is 272 g/mol. The number of rotatable bonds is 3. The van der Waals surface area contributed by atoms with Crippen LogP contribution in [-0.4, -0.2) is 19.6 Å². The van der Waals surface area contributed by atoms with Gasteiger partial charge in [0.05, 0.1) is 5.69 Å². The highest BCUT2D eigenvalue weighted by atomic mass is 19.1. The predicted molar refractivity (Wildman–Crippen MR) is 73.4 cm³/mol. The lowest BCUT2D eigenvalue weighted by Gasteiger charge is -2.05. The second-order valence-electron chi connectivity index (χ2n) is 4.46. The summed E-state index contributed by atoms with van der Waals surface area (Å²) < 4.78 is 15.1. The van der Waals surface area contributed by atoms with E-state index in [9.17, 15) is 4.39 Å². The first-order chi connectivity index (χ1) is 9.65. The quantitative estimate of drug-likeness (QED) is 0.747. The van der Waals surface area contributed by atoms with Crippen molar-refractivity contribution >= 4 is 17.4 Å². The molecule has 0 atom stereocenters. The zero-order valence-corrected chi connectivity index (χ0v) is 10.6. The minimum absolute atomic E-state index is 0.217. The molecule has 3 rings (SSSR count). The molecule has 7 heteroatoms. The Morgan fingerprint density at radius 2 is 1.90 bits per heavy atom. The lowest BCUT2D eigenvalue weighted by Crippen LogP contribution is -2.05. The summed E-state index contributed by atoms with van der Waals surface area (Å²) in [4.78, 5) is 4.24. The van der Waals surface area contributed by atoms with Crippen LogP contribution in [0.15, 0.2) is 30.5 Å². The fraction of sp³-hybridized carbons (Fsp3) is 0.154. The van der Waals surface area contributed by atoms with Gasteiger partial charge in [-0.05, 0) is 24.5 Å². The van der Waals surface area contributed by atoms with Crippen LogP contribution in [0.2, 0.25) is 0 Å². The van der Waals surface area contributed by atoms with Gasteiger partial charge in [0.1, 0.15) is 5.82 Å². The zero-order chi connectivity index (χ0) is 14.1. The van der Waals surface area contributed by atoms with Crippen molar-refractivity contribution in [2.75, 3.05) is 11.5 Å². The first kappa shape index (κ1) is 12.3. The lowest BCUT2D eigenvalue weighted by atomic mass is 10.1. The first-order valence-electron chi connectivity index (χ1n) is 6.14. The highest BCUT2D eigenvalue weighted by Crippen LogP contribution is 2.15. The van der Waals surface area contributed by atoms with E-state index in [1.165, 1.54) is 6.07 Å². The standard InChI is InChI=1S/C13H13FN6/c14-10-4-2-1-3-8(10)5-6-9-7-20-12(11(15)17-9)18-19-13(20)16/h1-4,7H,5-6H2,(H2,15,17)(H2,16,19). The molecular weight excluding hydrogens is 259 g/mol. The van der Waals surface area contributed by atoms with Gasteiger partial charge in [0.25, 0.3) is 0 Å². The maximum atomic E-state index is 13.5. The molecule has 0 aliphatic rings. The van der Waals surface area contributed by atoms with Crippen molar-refractivity contribution in [2.45, 2.75) is 12.8 Å². The Kier molecular flexibility index (Phi) is 2.94. The molecule has 0 saturated heterocycles. The number of hydrogen-bond acceptors (Lipinski definition) is 5. The molecule has 0 aliphatic heterocycles. The van der Waals surface area contributed by atoms with Crippen LogP contribution in [0.3, 0.4) is 0 Å². The third-order valence-corrected chi connectivity index (χ3v) is 3.10. The van der Waals surface area contributed by atoms with Crippen LogP contribution in [0.25, 0.3) is 5.65 Å². The highest BCUT2D eigenvalue weighted by molar-refractivity contribution is 5.61. The first-order valence-corrected chi connectivity index (χ1v) is 6.14. The number of nitrogen functional groups attached to an aromatic ring is 2. The average Bonchev–Trinajstić information content (AvgIpc) is 2.80. The van der Waals surface area contributed by atoms with Gasteiger partial charge in [-0.15, -0.1) is 10.2 Å². The molecular formula is C13H13FN6. The summed E-state index contributed by atoms with van der Waals surface area (Å²) in [7, 11) is 0. The fourth-order valence-electron chi connectivity index (χ4n) is 2.07. The van der Waals surface area contributed by atoms with Crippen LogP contribution in [0, 0.1) is 5.82 Å². The number of fused-ring (bicyclic) bond motifs is 1. The van der Waals surface area contributed by atoms with E-state index in [1.54, 1.807) is 28.8 Å². The molecule has 0 unspecified atom stereocenters. The Hall–Kier alpha value is -2.70. The molecule has 0 spiro atoms. The molecule has 0 amide bonds. The Balaban J connectivity index is 1.88. The normalized spacial score (nSPS) is 11.1. The summed E-state index contributed by atoms with van der Waals surface area (Å²) in [5.74, 6) is 0.298. The van der Waals surface area contributed by atoms with Crippen LogP contribution in [0.1, 0.15) is 11.3 Å². The number of hydrogen-bond donors (Lipinski definition) is 2. The van der Waals surface area contributed by atoms with E-state index < -0.39 is 0 Å². The van der Waals surface area contributed by atoms with Crippen molar-refractivity contribution in [3.05, 3.63) is 47.5 Å². The zero-order valence-electron chi connectivity index (χ0n) is 10.6. The molecule has 6 nitrogen and oxygen atoms in total. The number of anilines is 2. The third-order valence-electron chi connectivity index (χ3n) is 3.10. The topological polar surface area (TPSA) is 95.1 Å². The maximum absolute atomic E-state index is 13.5. The Morgan fingerprint density at radius 1 is 1.10 bits per heavy atom. The van der Waals surface area contributed by atoms with Crippen LogP contribution in [-0.2, 0) is 12.8 Å². The number of aromatic nitrogens is 4. The molecule has 0 fully saturated rings. The van der Waals surface area contributed by atoms with Crippen LogP contribution >= 0.6 is 0 Å². The van der Waals surface area contributed by atoms with Gasteiger partial charge in [0, 0.05) is 6.20 Å². The number of nitrogens with zero attached hydrogens (tertiary/aromatic N) is 4. The molecule has 2 aromatic heterocycles. The van der Waals surface area contributed by atoms with E-state index in [0.29, 0.717) is 29.7 Å². The number of halogens is 1. The summed E-state index contributed by atoms with van der Waals surface area (Å²) in [6.07, 6.45) is 2.81. The van der Waals surface area contributed by atoms with Crippen molar-refractivity contribution < 1.29 is 4.39 Å². The third kappa shape index (κ3) is 2.13. The smallest absolute Gasteiger partial charge is 0.226 e. The summed E-state index contributed by atoms with van der Waals surface area (Å²) in [5.41, 5.74) is 13.3. The average molecular weight is 272 g/mol. The van der Waals surface area contributed by atoms with E-state index in [-0.39, 0.29) is 17.6 Å². The minimum atomic E-state index is -0.217. The largest absolute Gasteiger partial charge is 0.381 e. The Labute approximate surface area is 114 Å². The summed E-state index contributed by atoms with van der Waals surface area (Å²) in [6, 6.07) is 6.67. The van der Waals surface area contributed by atoms with E-state index in [2.05, 4.69) is 15.2 Å². The summed E-state index contributed by atoms with van der Waals surface area (Å²) in [5, 5.41) is 7.57. The van der Waals surface area contributed by atoms with Crippen molar-refractivity contribution in [2.24, 2.45) is 0 Å². The van der Waals surface area contributed by atoms with Gasteiger partial charge in [-0.1, -0.05) is 18.2 Å². The van der Waals surface area contributed by atoms with Gasteiger partial charge in [0.2, 0.25) is 11.6 Å². The van der Waals surface area contributed by atoms with Gasteiger partial charge >= 0.3 is 0 Å². The van der Waals surface area contributed by atoms with Gasteiger partial charge in [0.15, 0.2) is 5.82 Å². The molecule has 2 heterocycles. The number of aryl methyl sites for hydroxylation is 2. The van der Waals surface area contributed by atoms with Gasteiger partial charge in [-0.2, -0.15) is 0 Å². The summed E-state index contributed by atoms with van der Waals surface area (Å²) in [6.45, 7) is 0. The SMILES string of the molecule is Nc1nc(CCc2ccccc2F)cn2c(N)nnc12. The molecule has 0 saturated carbocycles. The predicted octanol–water partition coefficient (Wildman–Crippen LogP) is 1.21. The van der Waals surface area contributed by atoms with Crippen LogP contribution < -0.4 is 11.5 Å². The van der Waals surface area contributed by atoms with E-state index in [0.717, 1.165) is 0 Å². The second-order valence-corrected chi connectivity index (χ2v) is 4.46. The molecule has 4 N–H and O–H groups in total. The molecule has 0 radical (unpaired) electrons. The van der Waals surface area contributed by atoms with Crippen LogP contribution in [0.4, 0.5) is 16.2 Å². The van der Waals surface area contributed by atoms with Crippen molar-refractivity contribution in [1.29, 1.82) is 0 Å². The molecule has 20 heavy (non-hydrogen) atoms. The van der Waals surface area contributed by atoms with E-state index in [4.69, 9.17) is 11.5 Å². The van der Waals surface area contributed by atoms with E-state index >= 15 is 0 Å². The van der Waals surface area contributed by atoms with Crippen LogP contribution in [0.5, 0.6) is 0 Å². The molecule has 102 valence electrons. The maximum Gasteiger partial charge on any atom is 0.226 e. The van der Waals surface area contributed by atoms with Crippen molar-refractivity contribution in [1.82, 2.24) is 19.6 Å². The minimum Gasteiger partial charge on any atom is -0.381 e. The van der Waals surface area contributed by atoms with Crippen molar-refractivity contribution in [3.63, 3.8) is 0 Å². The highest BCUT2D eigenvalue weighted by Gasteiger charge is 2.09. The lowest BCUT2D eigenvalue weighted by molar-refractivity contribution is 0.608. The van der Waals surface area contributed by atoms with Gasteiger partial charge in [-0.25, -0.2) is 9.37 Å². The molecule has 0 aliphatic carbocycles. The fourth-order valence-corrected chi connectivity index (χ4v) is 2.07. The second kappa shape index (κ2) is 4.76. The molecule has 0 bridgehead atoms. The van der Waals surface area contributed by atoms with Crippen molar-refractivity contribution in [3.8, 4) is 0 Å². The van der Waals surface area contributed by atoms with Gasteiger partial charge in [-0.3, -0.25) is 4.40 Å². The van der Waals surface area contributed by atoms with E-state index in [1.807, 2.05) is 0 Å². The molecule has 1 aromatic carbocycles. The Morgan fingerprint density at radius 3 is 2.70 bits per heavy atom. The number of benzene rings is 1. The Bertz CT molecular complexity index is 767.